The van der Waals surface area contributed by atoms with E-state index < -0.39 is 5.60 Å². The van der Waals surface area contributed by atoms with Crippen LogP contribution in [0.5, 0.6) is 0 Å². The van der Waals surface area contributed by atoms with Gasteiger partial charge in [0.25, 0.3) is 5.91 Å². The monoisotopic (exact) mass is 326 g/mol. The molecule has 24 heavy (non-hydrogen) atoms. The van der Waals surface area contributed by atoms with Crippen LogP contribution in [0.25, 0.3) is 0 Å². The molecule has 1 aliphatic carbocycles. The summed E-state index contributed by atoms with van der Waals surface area (Å²) in [4.78, 5) is 14.7. The fraction of sp³-hybridized carbons (Fsp3) is 0.474. The van der Waals surface area contributed by atoms with E-state index in [2.05, 4.69) is 5.16 Å². The summed E-state index contributed by atoms with van der Waals surface area (Å²) in [5, 5.41) is 15.3. The van der Waals surface area contributed by atoms with Crippen molar-refractivity contribution in [3.8, 4) is 0 Å². The highest BCUT2D eigenvalue weighted by Crippen LogP contribution is 2.47. The van der Waals surface area contributed by atoms with Gasteiger partial charge in [-0.25, -0.2) is 0 Å². The number of hydrogen-bond donors (Lipinski definition) is 1. The lowest BCUT2D eigenvalue weighted by atomic mass is 9.66. The van der Waals surface area contributed by atoms with Crippen LogP contribution in [0.1, 0.15) is 48.2 Å². The zero-order valence-corrected chi connectivity index (χ0v) is 13.6. The summed E-state index contributed by atoms with van der Waals surface area (Å²) >= 11 is 0. The third-order valence-electron chi connectivity index (χ3n) is 5.67. The molecular formula is C19H22N2O3. The number of carbonyl (C=O) groups is 1. The van der Waals surface area contributed by atoms with Crippen molar-refractivity contribution in [1.82, 2.24) is 10.1 Å². The molecule has 1 saturated carbocycles. The number of likely N-dealkylation sites (tertiary alicyclic amines) is 1. The number of aromatic nitrogens is 1. The molecule has 2 aliphatic rings. The number of fused-ring (bicyclic) bond motifs is 1. The quantitative estimate of drug-likeness (QED) is 0.921. The van der Waals surface area contributed by atoms with Crippen LogP contribution in [-0.2, 0) is 5.60 Å². The third-order valence-corrected chi connectivity index (χ3v) is 5.67. The molecule has 5 nitrogen and oxygen atoms in total. The highest BCUT2D eigenvalue weighted by Gasteiger charge is 2.50. The van der Waals surface area contributed by atoms with Crippen molar-refractivity contribution in [3.05, 3.63) is 53.9 Å². The number of aliphatic hydroxyl groups is 1. The van der Waals surface area contributed by atoms with E-state index in [-0.39, 0.29) is 17.9 Å². The Morgan fingerprint density at radius 1 is 1.21 bits per heavy atom. The summed E-state index contributed by atoms with van der Waals surface area (Å²) in [5.74, 6) is -0.0194. The number of benzene rings is 1. The highest BCUT2D eigenvalue weighted by molar-refractivity contribution is 5.92. The van der Waals surface area contributed by atoms with E-state index >= 15 is 0 Å². The van der Waals surface area contributed by atoms with Gasteiger partial charge in [-0.05, 0) is 24.8 Å². The molecule has 3 atom stereocenters. The number of nitrogens with zero attached hydrogens (tertiary/aromatic N) is 2. The Kier molecular flexibility index (Phi) is 3.88. The minimum Gasteiger partial charge on any atom is -0.385 e. The van der Waals surface area contributed by atoms with Crippen LogP contribution in [0.15, 0.2) is 47.2 Å². The number of hydrogen-bond acceptors (Lipinski definition) is 4. The molecule has 2 fully saturated rings. The Balaban J connectivity index is 1.66. The molecule has 2 heterocycles. The largest absolute Gasteiger partial charge is 0.385 e. The maximum atomic E-state index is 12.8. The third kappa shape index (κ3) is 2.44. The molecule has 0 spiro atoms. The van der Waals surface area contributed by atoms with E-state index in [0.29, 0.717) is 18.7 Å². The first kappa shape index (κ1) is 15.4. The van der Waals surface area contributed by atoms with Crippen LogP contribution in [-0.4, -0.2) is 33.7 Å². The Bertz CT molecular complexity index is 701. The second-order valence-corrected chi connectivity index (χ2v) is 6.88. The molecule has 4 rings (SSSR count). The van der Waals surface area contributed by atoms with Gasteiger partial charge < -0.3 is 14.5 Å². The molecule has 1 saturated heterocycles. The standard InChI is InChI=1S/C19H22N2O3/c22-18(16-10-13-24-20-16)21-12-11-19(23,14-6-2-1-3-7-14)15-8-4-5-9-17(15)21/h1-3,6-7,10,13,15,17,23H,4-5,8-9,11-12H2/t15-,17?,19+/m0/s1. The zero-order chi connectivity index (χ0) is 16.6. The van der Waals surface area contributed by atoms with Crippen molar-refractivity contribution in [2.45, 2.75) is 43.7 Å². The fourth-order valence-electron chi connectivity index (χ4n) is 4.49. The average molecular weight is 326 g/mol. The summed E-state index contributed by atoms with van der Waals surface area (Å²) < 4.78 is 4.83. The summed E-state index contributed by atoms with van der Waals surface area (Å²) in [6, 6.07) is 11.6. The number of piperidine rings is 1. The summed E-state index contributed by atoms with van der Waals surface area (Å²) in [5.41, 5.74) is 0.465. The SMILES string of the molecule is O=C(c1ccon1)N1CC[C@@](O)(c2ccccc2)[C@H]2CCCCC21. The smallest absolute Gasteiger partial charge is 0.276 e. The van der Waals surface area contributed by atoms with Crippen LogP contribution in [0, 0.1) is 5.92 Å². The predicted octanol–water partition coefficient (Wildman–Crippen LogP) is 2.97. The molecule has 5 heteroatoms. The predicted molar refractivity (Wildman–Crippen MR) is 88.2 cm³/mol. The second kappa shape index (κ2) is 6.06. The molecule has 1 aromatic carbocycles. The van der Waals surface area contributed by atoms with E-state index in [4.69, 9.17) is 4.52 Å². The lowest BCUT2D eigenvalue weighted by Crippen LogP contribution is -2.59. The van der Waals surface area contributed by atoms with Crippen LogP contribution < -0.4 is 0 Å². The van der Waals surface area contributed by atoms with E-state index in [1.807, 2.05) is 35.2 Å². The molecule has 1 amide bonds. The first-order valence-electron chi connectivity index (χ1n) is 8.69. The highest BCUT2D eigenvalue weighted by atomic mass is 16.5. The van der Waals surface area contributed by atoms with Gasteiger partial charge in [0.1, 0.15) is 6.26 Å². The van der Waals surface area contributed by atoms with Crippen LogP contribution in [0.4, 0.5) is 0 Å². The summed E-state index contributed by atoms with van der Waals surface area (Å²) in [6.07, 6.45) is 6.05. The maximum Gasteiger partial charge on any atom is 0.276 e. The molecule has 1 aromatic heterocycles. The van der Waals surface area contributed by atoms with Gasteiger partial charge >= 0.3 is 0 Å². The van der Waals surface area contributed by atoms with Crippen LogP contribution in [0.3, 0.4) is 0 Å². The minimum absolute atomic E-state index is 0.0573. The van der Waals surface area contributed by atoms with E-state index in [0.717, 1.165) is 31.2 Å². The molecule has 1 unspecified atom stereocenters. The molecule has 0 bridgehead atoms. The van der Waals surface area contributed by atoms with E-state index in [9.17, 15) is 9.90 Å². The van der Waals surface area contributed by atoms with Crippen LogP contribution in [0.2, 0.25) is 0 Å². The Morgan fingerprint density at radius 3 is 2.75 bits per heavy atom. The van der Waals surface area contributed by atoms with Crippen molar-refractivity contribution < 1.29 is 14.4 Å². The Hall–Kier alpha value is -2.14. The van der Waals surface area contributed by atoms with Gasteiger partial charge in [0.2, 0.25) is 0 Å². The number of carbonyl (C=O) groups excluding carboxylic acids is 1. The van der Waals surface area contributed by atoms with Gasteiger partial charge in [0.05, 0.1) is 5.60 Å². The Labute approximate surface area is 141 Å². The molecule has 0 radical (unpaired) electrons. The van der Waals surface area contributed by atoms with Gasteiger partial charge in [-0.1, -0.05) is 48.3 Å². The van der Waals surface area contributed by atoms with Gasteiger partial charge in [-0.3, -0.25) is 4.79 Å². The van der Waals surface area contributed by atoms with Crippen molar-refractivity contribution in [2.75, 3.05) is 6.54 Å². The topological polar surface area (TPSA) is 66.6 Å². The zero-order valence-electron chi connectivity index (χ0n) is 13.6. The van der Waals surface area contributed by atoms with Crippen LogP contribution >= 0.6 is 0 Å². The summed E-state index contributed by atoms with van der Waals surface area (Å²) in [6.45, 7) is 0.540. The normalized spacial score (nSPS) is 30.0. The minimum atomic E-state index is -0.854. The van der Waals surface area contributed by atoms with Crippen molar-refractivity contribution >= 4 is 5.91 Å². The van der Waals surface area contributed by atoms with Crippen molar-refractivity contribution in [3.63, 3.8) is 0 Å². The lowest BCUT2D eigenvalue weighted by Gasteiger charge is -2.52. The first-order valence-corrected chi connectivity index (χ1v) is 8.69. The number of rotatable bonds is 2. The molecule has 2 aromatic rings. The van der Waals surface area contributed by atoms with Crippen molar-refractivity contribution in [2.24, 2.45) is 5.92 Å². The Morgan fingerprint density at radius 2 is 2.00 bits per heavy atom. The van der Waals surface area contributed by atoms with Gasteiger partial charge in [0.15, 0.2) is 5.69 Å². The molecule has 1 N–H and O–H groups in total. The molecule has 126 valence electrons. The number of amides is 1. The average Bonchev–Trinajstić information content (AvgIpc) is 3.17. The second-order valence-electron chi connectivity index (χ2n) is 6.88. The first-order chi connectivity index (χ1) is 11.7. The van der Waals surface area contributed by atoms with Gasteiger partial charge in [-0.2, -0.15) is 0 Å². The fourth-order valence-corrected chi connectivity index (χ4v) is 4.49. The maximum absolute atomic E-state index is 12.8. The summed E-state index contributed by atoms with van der Waals surface area (Å²) in [7, 11) is 0. The van der Waals surface area contributed by atoms with E-state index in [1.54, 1.807) is 6.07 Å². The van der Waals surface area contributed by atoms with E-state index in [1.165, 1.54) is 6.26 Å². The van der Waals surface area contributed by atoms with Crippen molar-refractivity contribution in [1.29, 1.82) is 0 Å². The molecule has 1 aliphatic heterocycles. The lowest BCUT2D eigenvalue weighted by molar-refractivity contribution is -0.110. The van der Waals surface area contributed by atoms with Gasteiger partial charge in [0, 0.05) is 24.6 Å². The van der Waals surface area contributed by atoms with Gasteiger partial charge in [-0.15, -0.1) is 0 Å². The molecular weight excluding hydrogens is 304 g/mol.